The zero-order chi connectivity index (χ0) is 5.54. The second kappa shape index (κ2) is 5.14. The predicted molar refractivity (Wildman–Crippen MR) is 24.3 cm³/mol. The van der Waals surface area contributed by atoms with Crippen molar-refractivity contribution < 1.29 is 9.18 Å². The third-order valence-corrected chi connectivity index (χ3v) is 0.408. The minimum Gasteiger partial charge on any atom is -0.355 e. The molecule has 0 atom stereocenters. The van der Waals surface area contributed by atoms with Crippen LogP contribution < -0.4 is 5.32 Å². The Morgan fingerprint density at radius 1 is 1.71 bits per heavy atom. The standard InChI is InChI=1S/C4H6FNO/c5-2-1-3-6-4-7/h1-2,4H,3H2,(H,6,7). The lowest BCUT2D eigenvalue weighted by Gasteiger charge is -1.82. The number of rotatable bonds is 3. The van der Waals surface area contributed by atoms with Gasteiger partial charge in [0, 0.05) is 6.54 Å². The van der Waals surface area contributed by atoms with Crippen molar-refractivity contribution in [1.29, 1.82) is 0 Å². The molecule has 1 N–H and O–H groups in total. The van der Waals surface area contributed by atoms with Gasteiger partial charge in [-0.1, -0.05) is 0 Å². The van der Waals surface area contributed by atoms with Crippen LogP contribution in [0, 0.1) is 0 Å². The number of amides is 1. The molecule has 0 spiro atoms. The van der Waals surface area contributed by atoms with E-state index < -0.39 is 0 Å². The van der Waals surface area contributed by atoms with Crippen molar-refractivity contribution >= 4 is 6.41 Å². The summed E-state index contributed by atoms with van der Waals surface area (Å²) < 4.78 is 11.0. The fourth-order valence-corrected chi connectivity index (χ4v) is 0.161. The van der Waals surface area contributed by atoms with Crippen molar-refractivity contribution in [3.63, 3.8) is 0 Å². The average molecular weight is 103 g/mol. The van der Waals surface area contributed by atoms with Crippen LogP contribution in [-0.2, 0) is 4.79 Å². The Balaban J connectivity index is 2.82. The van der Waals surface area contributed by atoms with E-state index in [2.05, 4.69) is 5.32 Å². The Hall–Kier alpha value is -0.860. The van der Waals surface area contributed by atoms with Crippen molar-refractivity contribution in [3.8, 4) is 0 Å². The van der Waals surface area contributed by atoms with Crippen LogP contribution in [0.3, 0.4) is 0 Å². The van der Waals surface area contributed by atoms with E-state index in [0.29, 0.717) is 12.7 Å². The number of hydrogen-bond acceptors (Lipinski definition) is 1. The molecule has 0 aromatic rings. The van der Waals surface area contributed by atoms with Gasteiger partial charge in [-0.15, -0.1) is 0 Å². The number of hydrogen-bond donors (Lipinski definition) is 1. The van der Waals surface area contributed by atoms with Crippen LogP contribution in [0.4, 0.5) is 4.39 Å². The van der Waals surface area contributed by atoms with Gasteiger partial charge in [0.1, 0.15) is 0 Å². The van der Waals surface area contributed by atoms with E-state index in [1.54, 1.807) is 0 Å². The quantitative estimate of drug-likeness (QED) is 0.401. The van der Waals surface area contributed by atoms with E-state index in [0.717, 1.165) is 0 Å². The van der Waals surface area contributed by atoms with Crippen LogP contribution in [0.25, 0.3) is 0 Å². The van der Waals surface area contributed by atoms with E-state index in [1.807, 2.05) is 0 Å². The maximum absolute atomic E-state index is 11.0. The molecule has 0 aliphatic heterocycles. The first-order valence-electron chi connectivity index (χ1n) is 1.84. The number of halogens is 1. The first-order valence-corrected chi connectivity index (χ1v) is 1.84. The summed E-state index contributed by atoms with van der Waals surface area (Å²) in [7, 11) is 0. The Bertz CT molecular complexity index is 72.1. The number of carbonyl (C=O) groups excluding carboxylic acids is 1. The molecular formula is C4H6FNO. The lowest BCUT2D eigenvalue weighted by Crippen LogP contribution is -2.08. The number of nitrogens with one attached hydrogen (secondary N) is 1. The van der Waals surface area contributed by atoms with Crippen LogP contribution >= 0.6 is 0 Å². The smallest absolute Gasteiger partial charge is 0.207 e. The minimum atomic E-state index is 0.264. The lowest BCUT2D eigenvalue weighted by atomic mass is 10.6. The maximum atomic E-state index is 11.0. The molecule has 0 bridgehead atoms. The third-order valence-electron chi connectivity index (χ3n) is 0.408. The van der Waals surface area contributed by atoms with Crippen molar-refractivity contribution in [2.45, 2.75) is 0 Å². The molecule has 7 heavy (non-hydrogen) atoms. The van der Waals surface area contributed by atoms with E-state index >= 15 is 0 Å². The molecule has 0 aromatic carbocycles. The maximum Gasteiger partial charge on any atom is 0.207 e. The molecule has 0 aromatic heterocycles. The van der Waals surface area contributed by atoms with Crippen LogP contribution in [0.5, 0.6) is 0 Å². The fourth-order valence-electron chi connectivity index (χ4n) is 0.161. The molecule has 0 heterocycles. The highest BCUT2D eigenvalue weighted by atomic mass is 19.1. The molecule has 0 radical (unpaired) electrons. The van der Waals surface area contributed by atoms with Crippen molar-refractivity contribution in [2.24, 2.45) is 0 Å². The summed E-state index contributed by atoms with van der Waals surface area (Å²) in [6.45, 7) is 0.264. The largest absolute Gasteiger partial charge is 0.355 e. The summed E-state index contributed by atoms with van der Waals surface area (Å²) >= 11 is 0. The molecule has 3 heteroatoms. The molecule has 0 aliphatic rings. The van der Waals surface area contributed by atoms with E-state index in [4.69, 9.17) is 0 Å². The zero-order valence-corrected chi connectivity index (χ0v) is 3.73. The highest BCUT2D eigenvalue weighted by molar-refractivity contribution is 5.46. The summed E-state index contributed by atoms with van der Waals surface area (Å²) in [6.07, 6.45) is 2.10. The molecular weight excluding hydrogens is 97.0 g/mol. The predicted octanol–water partition coefficient (Wildman–Crippen LogP) is 0.216. The van der Waals surface area contributed by atoms with Crippen LogP contribution in [0.2, 0.25) is 0 Å². The zero-order valence-electron chi connectivity index (χ0n) is 3.73. The Morgan fingerprint density at radius 3 is 2.86 bits per heavy atom. The van der Waals surface area contributed by atoms with Gasteiger partial charge in [0.05, 0.1) is 6.33 Å². The molecule has 40 valence electrons. The first-order chi connectivity index (χ1) is 3.41. The Labute approximate surface area is 41.0 Å². The van der Waals surface area contributed by atoms with Gasteiger partial charge in [0.2, 0.25) is 6.41 Å². The van der Waals surface area contributed by atoms with Gasteiger partial charge >= 0.3 is 0 Å². The van der Waals surface area contributed by atoms with Gasteiger partial charge in [0.15, 0.2) is 0 Å². The highest BCUT2D eigenvalue weighted by Crippen LogP contribution is 1.66. The molecule has 2 nitrogen and oxygen atoms in total. The van der Waals surface area contributed by atoms with Gasteiger partial charge in [-0.05, 0) is 6.08 Å². The van der Waals surface area contributed by atoms with Gasteiger partial charge < -0.3 is 5.32 Å². The van der Waals surface area contributed by atoms with Gasteiger partial charge in [-0.2, -0.15) is 0 Å². The Morgan fingerprint density at radius 2 is 2.43 bits per heavy atom. The Kier molecular flexibility index (Phi) is 4.51. The van der Waals surface area contributed by atoms with Gasteiger partial charge in [-0.3, -0.25) is 4.79 Å². The fraction of sp³-hybridized carbons (Fsp3) is 0.250. The second-order valence-corrected chi connectivity index (χ2v) is 0.888. The molecule has 0 saturated carbocycles. The first kappa shape index (κ1) is 6.14. The molecule has 0 rings (SSSR count). The lowest BCUT2D eigenvalue weighted by molar-refractivity contribution is -0.109. The van der Waals surface area contributed by atoms with E-state index in [1.165, 1.54) is 6.08 Å². The SMILES string of the molecule is O=CNCC=CF. The molecule has 0 aliphatic carbocycles. The van der Waals surface area contributed by atoms with Crippen LogP contribution in [0.15, 0.2) is 12.4 Å². The van der Waals surface area contributed by atoms with Crippen molar-refractivity contribution in [2.75, 3.05) is 6.54 Å². The number of carbonyl (C=O) groups is 1. The minimum absolute atomic E-state index is 0.264. The summed E-state index contributed by atoms with van der Waals surface area (Å²) in [6, 6.07) is 0. The third kappa shape index (κ3) is 5.14. The summed E-state index contributed by atoms with van der Waals surface area (Å²) in [5, 5.41) is 2.24. The van der Waals surface area contributed by atoms with E-state index in [-0.39, 0.29) is 6.54 Å². The molecule has 0 unspecified atom stereocenters. The monoisotopic (exact) mass is 103 g/mol. The van der Waals surface area contributed by atoms with E-state index in [9.17, 15) is 9.18 Å². The van der Waals surface area contributed by atoms with Crippen LogP contribution in [0.1, 0.15) is 0 Å². The summed E-state index contributed by atoms with van der Waals surface area (Å²) in [4.78, 5) is 9.41. The summed E-state index contributed by atoms with van der Waals surface area (Å²) in [5.74, 6) is 0. The topological polar surface area (TPSA) is 29.1 Å². The second-order valence-electron chi connectivity index (χ2n) is 0.888. The normalized spacial score (nSPS) is 9.29. The van der Waals surface area contributed by atoms with Crippen molar-refractivity contribution in [1.82, 2.24) is 5.32 Å². The molecule has 0 saturated heterocycles. The highest BCUT2D eigenvalue weighted by Gasteiger charge is 1.68. The average Bonchev–Trinajstić information content (AvgIpc) is 1.69. The van der Waals surface area contributed by atoms with Gasteiger partial charge in [0.25, 0.3) is 0 Å². The van der Waals surface area contributed by atoms with Crippen LogP contribution in [-0.4, -0.2) is 13.0 Å². The molecule has 1 amide bonds. The summed E-state index contributed by atoms with van der Waals surface area (Å²) in [5.41, 5.74) is 0. The van der Waals surface area contributed by atoms with Crippen molar-refractivity contribution in [3.05, 3.63) is 12.4 Å². The van der Waals surface area contributed by atoms with Gasteiger partial charge in [-0.25, -0.2) is 4.39 Å². The molecule has 0 fully saturated rings.